The molecule has 2 nitrogen and oxygen atoms in total. The Morgan fingerprint density at radius 3 is 1.84 bits per heavy atom. The van der Waals surface area contributed by atoms with Crippen LogP contribution in [0.15, 0.2) is 103 Å². The third-order valence-electron chi connectivity index (χ3n) is 15.6. The summed E-state index contributed by atoms with van der Waals surface area (Å²) in [5.74, 6) is 2.96. The number of thiophene rings is 2. The van der Waals surface area contributed by atoms with E-state index in [4.69, 9.17) is 10.7 Å². The molecule has 10 rings (SSSR count). The van der Waals surface area contributed by atoms with Gasteiger partial charge >= 0.3 is 0 Å². The second kappa shape index (κ2) is 15.8. The number of nitrogen functional groups attached to an aromatic ring is 1. The molecule has 0 spiro atoms. The zero-order valence-corrected chi connectivity index (χ0v) is 41.8. The number of fused-ring (bicyclic) bond motifs is 3. The number of nitrogens with zero attached hydrogens (tertiary/aromatic N) is 1. The van der Waals surface area contributed by atoms with E-state index in [1.807, 2.05) is 22.7 Å². The van der Waals surface area contributed by atoms with E-state index in [-0.39, 0.29) is 10.8 Å². The summed E-state index contributed by atoms with van der Waals surface area (Å²) in [6.45, 7) is 26.4. The average Bonchev–Trinajstić information content (AvgIpc) is 3.97. The fourth-order valence-corrected chi connectivity index (χ4v) is 16.3. The van der Waals surface area contributed by atoms with Crippen LogP contribution in [0.4, 0.5) is 5.69 Å². The van der Waals surface area contributed by atoms with Crippen LogP contribution < -0.4 is 5.73 Å². The summed E-state index contributed by atoms with van der Waals surface area (Å²) in [6.07, 6.45) is 10.1. The Labute approximate surface area is 391 Å². The summed E-state index contributed by atoms with van der Waals surface area (Å²) >= 11 is 3.79. The predicted molar refractivity (Wildman–Crippen MR) is 280 cm³/mol. The standard InChI is InChI=1S/C60H68N2S2/c1-34(2)29-59(10)31-40-27-39(28-47(40)59)43-23-36(5)24-44(38(43)7)56-53(41-17-12-14-21-51(41)63-56)49-19-16-20-50(62-49)54-42-18-13-15-22-52(42)64-57(54)46-26-37(6)25-45(55(46)61)48-32-58(8,9)33-60(48,11)30-35(3)4/h12-26,28,34-35,39-40,48H,27,29-33,61H2,1-11H3. The van der Waals surface area contributed by atoms with Crippen molar-refractivity contribution in [1.82, 2.24) is 4.98 Å². The summed E-state index contributed by atoms with van der Waals surface area (Å²) in [5, 5.41) is 2.51. The van der Waals surface area contributed by atoms with Crippen molar-refractivity contribution < 1.29 is 0 Å². The van der Waals surface area contributed by atoms with E-state index in [9.17, 15) is 0 Å². The number of hydrogen-bond donors (Lipinski definition) is 1. The highest BCUT2D eigenvalue weighted by atomic mass is 32.1. The Morgan fingerprint density at radius 2 is 1.23 bits per heavy atom. The zero-order valence-electron chi connectivity index (χ0n) is 40.2. The molecule has 4 aromatic carbocycles. The lowest BCUT2D eigenvalue weighted by Gasteiger charge is -2.47. The first-order chi connectivity index (χ1) is 30.4. The quantitative estimate of drug-likeness (QED) is 0.110. The lowest BCUT2D eigenvalue weighted by molar-refractivity contribution is 0.155. The maximum absolute atomic E-state index is 7.55. The van der Waals surface area contributed by atoms with Crippen molar-refractivity contribution in [3.05, 3.63) is 130 Å². The van der Waals surface area contributed by atoms with Crippen LogP contribution in [-0.2, 0) is 0 Å². The monoisotopic (exact) mass is 880 g/mol. The molecule has 3 heterocycles. The molecular weight excluding hydrogens is 813 g/mol. The summed E-state index contributed by atoms with van der Waals surface area (Å²) in [5.41, 5.74) is 24.8. The van der Waals surface area contributed by atoms with E-state index in [2.05, 4.69) is 173 Å². The van der Waals surface area contributed by atoms with Crippen LogP contribution >= 0.6 is 22.7 Å². The summed E-state index contributed by atoms with van der Waals surface area (Å²) in [4.78, 5) is 8.28. The van der Waals surface area contributed by atoms with Gasteiger partial charge in [-0.2, -0.15) is 0 Å². The van der Waals surface area contributed by atoms with E-state index < -0.39 is 0 Å². The normalized spacial score (nSPS) is 24.0. The van der Waals surface area contributed by atoms with Gasteiger partial charge in [0, 0.05) is 58.2 Å². The van der Waals surface area contributed by atoms with Crippen molar-refractivity contribution in [2.24, 2.45) is 34.0 Å². The molecule has 0 amide bonds. The van der Waals surface area contributed by atoms with Crippen molar-refractivity contribution in [2.45, 2.75) is 127 Å². The number of rotatable bonds is 10. The molecule has 0 radical (unpaired) electrons. The fraction of sp³-hybridized carbons (Fsp3) is 0.417. The Kier molecular flexibility index (Phi) is 10.7. The van der Waals surface area contributed by atoms with Crippen molar-refractivity contribution in [3.8, 4) is 43.4 Å². The first-order valence-corrected chi connectivity index (χ1v) is 25.8. The molecule has 0 saturated heterocycles. The topological polar surface area (TPSA) is 38.9 Å². The van der Waals surface area contributed by atoms with Crippen LogP contribution in [0, 0.1) is 54.8 Å². The van der Waals surface area contributed by atoms with E-state index in [0.717, 1.165) is 40.9 Å². The van der Waals surface area contributed by atoms with Gasteiger partial charge in [-0.3, -0.25) is 0 Å². The second-order valence-corrected chi connectivity index (χ2v) is 24.8. The SMILES string of the molecule is Cc1cc(-c2sc3ccccc3c2-c2cccc(-c3c(-c4cc(C)cc(C5CC(C)(C)CC5(C)CC(C)C)c4N)sc4ccccc34)n2)c(C)c(C2C=C3C(C2)CC3(C)CC(C)C)c1. The van der Waals surface area contributed by atoms with Crippen molar-refractivity contribution in [1.29, 1.82) is 0 Å². The highest BCUT2D eigenvalue weighted by Crippen LogP contribution is 2.63. The van der Waals surface area contributed by atoms with Gasteiger partial charge in [-0.25, -0.2) is 4.98 Å². The number of hydrogen-bond acceptors (Lipinski definition) is 4. The molecule has 5 unspecified atom stereocenters. The number of benzene rings is 4. The van der Waals surface area contributed by atoms with E-state index in [1.165, 1.54) is 107 Å². The van der Waals surface area contributed by atoms with Crippen LogP contribution in [0.5, 0.6) is 0 Å². The molecule has 2 fully saturated rings. The van der Waals surface area contributed by atoms with Gasteiger partial charge in [0.1, 0.15) is 0 Å². The van der Waals surface area contributed by atoms with Crippen LogP contribution in [0.2, 0.25) is 0 Å². The molecule has 3 aromatic heterocycles. The number of pyridine rings is 1. The molecule has 330 valence electrons. The van der Waals surface area contributed by atoms with Crippen LogP contribution in [0.3, 0.4) is 0 Å². The number of allylic oxidation sites excluding steroid dienone is 2. The van der Waals surface area contributed by atoms with E-state index >= 15 is 0 Å². The molecule has 64 heavy (non-hydrogen) atoms. The third-order valence-corrected chi connectivity index (χ3v) is 18.0. The van der Waals surface area contributed by atoms with Gasteiger partial charge < -0.3 is 5.73 Å². The first-order valence-electron chi connectivity index (χ1n) is 24.2. The molecule has 3 aliphatic rings. The largest absolute Gasteiger partial charge is 0.398 e. The van der Waals surface area contributed by atoms with Gasteiger partial charge in [-0.15, -0.1) is 22.7 Å². The highest BCUT2D eigenvalue weighted by Gasteiger charge is 2.50. The molecule has 7 aromatic rings. The second-order valence-electron chi connectivity index (χ2n) is 22.7. The number of nitrogens with two attached hydrogens (primary N) is 1. The van der Waals surface area contributed by atoms with E-state index in [0.29, 0.717) is 23.2 Å². The molecule has 2 N–H and O–H groups in total. The predicted octanol–water partition coefficient (Wildman–Crippen LogP) is 18.1. The van der Waals surface area contributed by atoms with Gasteiger partial charge in [-0.05, 0) is 152 Å². The van der Waals surface area contributed by atoms with Crippen molar-refractivity contribution >= 4 is 48.5 Å². The van der Waals surface area contributed by atoms with Crippen molar-refractivity contribution in [3.63, 3.8) is 0 Å². The maximum atomic E-state index is 7.55. The lowest BCUT2D eigenvalue weighted by Crippen LogP contribution is -2.37. The third kappa shape index (κ3) is 7.40. The smallest absolute Gasteiger partial charge is 0.0730 e. The summed E-state index contributed by atoms with van der Waals surface area (Å²) in [7, 11) is 0. The average molecular weight is 881 g/mol. The molecule has 4 heteroatoms. The number of anilines is 1. The van der Waals surface area contributed by atoms with Gasteiger partial charge in [-0.1, -0.05) is 139 Å². The Balaban J connectivity index is 1.11. The minimum absolute atomic E-state index is 0.190. The molecule has 2 saturated carbocycles. The van der Waals surface area contributed by atoms with Gasteiger partial charge in [0.15, 0.2) is 0 Å². The molecule has 0 bridgehead atoms. The Bertz CT molecular complexity index is 2990. The van der Waals surface area contributed by atoms with Crippen LogP contribution in [0.25, 0.3) is 63.6 Å². The number of aromatic nitrogens is 1. The molecule has 3 aliphatic carbocycles. The zero-order chi connectivity index (χ0) is 45.0. The fourth-order valence-electron chi connectivity index (χ4n) is 13.8. The summed E-state index contributed by atoms with van der Waals surface area (Å²) in [6, 6.07) is 34.2. The maximum Gasteiger partial charge on any atom is 0.0730 e. The van der Waals surface area contributed by atoms with Crippen molar-refractivity contribution in [2.75, 3.05) is 5.73 Å². The molecular formula is C60H68N2S2. The van der Waals surface area contributed by atoms with Crippen LogP contribution in [-0.4, -0.2) is 4.98 Å². The van der Waals surface area contributed by atoms with Gasteiger partial charge in [0.05, 0.1) is 11.4 Å². The van der Waals surface area contributed by atoms with Gasteiger partial charge in [0.25, 0.3) is 0 Å². The van der Waals surface area contributed by atoms with Gasteiger partial charge in [0.2, 0.25) is 0 Å². The highest BCUT2D eigenvalue weighted by molar-refractivity contribution is 7.23. The first kappa shape index (κ1) is 43.4. The van der Waals surface area contributed by atoms with E-state index in [1.54, 1.807) is 5.57 Å². The molecule has 0 aliphatic heterocycles. The summed E-state index contributed by atoms with van der Waals surface area (Å²) < 4.78 is 2.56. The number of aryl methyl sites for hydroxylation is 2. The minimum atomic E-state index is 0.190. The van der Waals surface area contributed by atoms with Crippen LogP contribution in [0.1, 0.15) is 134 Å². The molecule has 5 atom stereocenters. The Morgan fingerprint density at radius 1 is 0.672 bits per heavy atom. The Hall–Kier alpha value is -4.51. The minimum Gasteiger partial charge on any atom is -0.398 e. The lowest BCUT2D eigenvalue weighted by atomic mass is 9.57.